The van der Waals surface area contributed by atoms with Gasteiger partial charge in [-0.25, -0.2) is 0 Å². The van der Waals surface area contributed by atoms with Crippen molar-refractivity contribution in [1.82, 2.24) is 14.9 Å². The van der Waals surface area contributed by atoms with Gasteiger partial charge in [-0.2, -0.15) is 0 Å². The Kier molecular flexibility index (Phi) is 7.19. The summed E-state index contributed by atoms with van der Waals surface area (Å²) in [6.45, 7) is 7.79. The smallest absolute Gasteiger partial charge is 0.256 e. The molecule has 4 atom stereocenters. The number of hydrogen-bond donors (Lipinski definition) is 0. The van der Waals surface area contributed by atoms with Crippen molar-refractivity contribution in [1.29, 1.82) is 0 Å². The third kappa shape index (κ3) is 5.04. The highest BCUT2D eigenvalue weighted by Gasteiger charge is 2.57. The Morgan fingerprint density at radius 1 is 0.864 bits per heavy atom. The van der Waals surface area contributed by atoms with E-state index in [2.05, 4.69) is 36.8 Å². The van der Waals surface area contributed by atoms with Gasteiger partial charge in [0.1, 0.15) is 11.4 Å². The number of nitrogens with zero attached hydrogens (tertiary/aromatic N) is 4. The van der Waals surface area contributed by atoms with E-state index >= 15 is 0 Å². The molecule has 1 amide bonds. The van der Waals surface area contributed by atoms with Gasteiger partial charge in [0.25, 0.3) is 5.91 Å². The molecule has 6 heteroatoms. The number of amidine groups is 1. The number of rotatable bonds is 9. The molecule has 224 valence electrons. The summed E-state index contributed by atoms with van der Waals surface area (Å²) in [6, 6.07) is 21.7. The lowest BCUT2D eigenvalue weighted by Crippen LogP contribution is -2.57. The first-order valence-corrected chi connectivity index (χ1v) is 15.9. The molecule has 0 saturated heterocycles. The standard InChI is InChI=1S/C38H40N4O2/c1-25-31(19-32-20-33(25)37(32,2)3)24-42-35(21-34(43)30-9-8-28-6-4-5-7-29(28)18-30)41-38(36(42)44,22-26-10-14-39-15-11-26)23-27-12-16-40-17-13-27/h4-18,25,31-33H,19-24H2,1-3H3. The summed E-state index contributed by atoms with van der Waals surface area (Å²) >= 11 is 0. The first-order valence-electron chi connectivity index (χ1n) is 15.9. The van der Waals surface area contributed by atoms with Gasteiger partial charge in [0, 0.05) is 49.7 Å². The summed E-state index contributed by atoms with van der Waals surface area (Å²) in [5.41, 5.74) is 1.97. The first kappa shape index (κ1) is 28.6. The molecular weight excluding hydrogens is 544 g/mol. The number of Topliss-reactive ketones (excluding diaryl/α,β-unsaturated/α-hetero) is 1. The first-order chi connectivity index (χ1) is 21.2. The number of hydrogen-bond acceptors (Lipinski definition) is 5. The van der Waals surface area contributed by atoms with Crippen molar-refractivity contribution < 1.29 is 9.59 Å². The van der Waals surface area contributed by atoms with Crippen LogP contribution in [0, 0.1) is 29.1 Å². The minimum atomic E-state index is -1.04. The largest absolute Gasteiger partial charge is 0.298 e. The number of amides is 1. The van der Waals surface area contributed by atoms with E-state index in [0.29, 0.717) is 59.9 Å². The molecule has 2 aromatic carbocycles. The normalized spacial score (nSPS) is 25.0. The molecule has 1 aliphatic heterocycles. The second-order valence-corrected chi connectivity index (χ2v) is 13.9. The van der Waals surface area contributed by atoms with Gasteiger partial charge in [-0.15, -0.1) is 0 Å². The van der Waals surface area contributed by atoms with Crippen LogP contribution >= 0.6 is 0 Å². The zero-order chi connectivity index (χ0) is 30.5. The number of benzene rings is 2. The van der Waals surface area contributed by atoms with Crippen molar-refractivity contribution in [3.8, 4) is 0 Å². The van der Waals surface area contributed by atoms with Crippen LogP contribution in [0.2, 0.25) is 0 Å². The maximum Gasteiger partial charge on any atom is 0.256 e. The molecule has 4 unspecified atom stereocenters. The molecule has 4 aliphatic rings. The zero-order valence-corrected chi connectivity index (χ0v) is 25.8. The summed E-state index contributed by atoms with van der Waals surface area (Å²) in [7, 11) is 0. The van der Waals surface area contributed by atoms with Crippen LogP contribution in [0.5, 0.6) is 0 Å². The van der Waals surface area contributed by atoms with Crippen LogP contribution in [0.25, 0.3) is 10.8 Å². The van der Waals surface area contributed by atoms with Gasteiger partial charge in [0.15, 0.2) is 5.78 Å². The number of aliphatic imine (C=N–C) groups is 1. The molecule has 3 aliphatic carbocycles. The average Bonchev–Trinajstić information content (AvgIpc) is 3.27. The van der Waals surface area contributed by atoms with Crippen LogP contribution in [0.1, 0.15) is 61.5 Å². The highest BCUT2D eigenvalue weighted by atomic mass is 16.2. The van der Waals surface area contributed by atoms with Gasteiger partial charge in [-0.3, -0.25) is 29.4 Å². The summed E-state index contributed by atoms with van der Waals surface area (Å²) in [5, 5.41) is 2.13. The lowest BCUT2D eigenvalue weighted by Gasteiger charge is -2.62. The van der Waals surface area contributed by atoms with Crippen molar-refractivity contribution in [2.75, 3.05) is 6.54 Å². The van der Waals surface area contributed by atoms with Crippen LogP contribution < -0.4 is 0 Å². The molecule has 0 radical (unpaired) electrons. The lowest BCUT2D eigenvalue weighted by molar-refractivity contribution is -0.141. The van der Waals surface area contributed by atoms with Gasteiger partial charge in [-0.1, -0.05) is 57.2 Å². The van der Waals surface area contributed by atoms with Crippen LogP contribution in [0.4, 0.5) is 0 Å². The predicted molar refractivity (Wildman–Crippen MR) is 173 cm³/mol. The van der Waals surface area contributed by atoms with Gasteiger partial charge in [0.05, 0.1) is 6.42 Å². The Morgan fingerprint density at radius 3 is 2.11 bits per heavy atom. The maximum absolute atomic E-state index is 14.8. The van der Waals surface area contributed by atoms with Crippen LogP contribution in [0.3, 0.4) is 0 Å². The van der Waals surface area contributed by atoms with E-state index in [9.17, 15) is 9.59 Å². The fraction of sp³-hybridized carbons (Fsp3) is 0.395. The van der Waals surface area contributed by atoms with Gasteiger partial charge < -0.3 is 0 Å². The molecule has 0 N–H and O–H groups in total. The summed E-state index contributed by atoms with van der Waals surface area (Å²) in [5.74, 6) is 2.83. The fourth-order valence-corrected chi connectivity index (χ4v) is 8.36. The Morgan fingerprint density at radius 2 is 1.50 bits per heavy atom. The summed E-state index contributed by atoms with van der Waals surface area (Å²) < 4.78 is 0. The number of aromatic nitrogens is 2. The fourth-order valence-electron chi connectivity index (χ4n) is 8.36. The molecule has 0 spiro atoms. The number of ketones is 1. The Hall–Kier alpha value is -4.19. The Labute approximate surface area is 259 Å². The molecule has 3 heterocycles. The summed E-state index contributed by atoms with van der Waals surface area (Å²) in [6.07, 6.45) is 10.4. The molecule has 44 heavy (non-hydrogen) atoms. The minimum Gasteiger partial charge on any atom is -0.298 e. The molecule has 2 aromatic heterocycles. The van der Waals surface area contributed by atoms with Gasteiger partial charge >= 0.3 is 0 Å². The highest BCUT2D eigenvalue weighted by Crippen LogP contribution is 2.63. The van der Waals surface area contributed by atoms with Crippen molar-refractivity contribution >= 4 is 28.3 Å². The van der Waals surface area contributed by atoms with Crippen LogP contribution in [0.15, 0.2) is 96.5 Å². The predicted octanol–water partition coefficient (Wildman–Crippen LogP) is 6.99. The number of carbonyl (C=O) groups is 2. The molecule has 8 rings (SSSR count). The maximum atomic E-state index is 14.8. The van der Waals surface area contributed by atoms with E-state index in [0.717, 1.165) is 28.3 Å². The monoisotopic (exact) mass is 584 g/mol. The molecule has 6 nitrogen and oxygen atoms in total. The van der Waals surface area contributed by atoms with Crippen LogP contribution in [-0.2, 0) is 17.6 Å². The third-order valence-corrected chi connectivity index (χ3v) is 11.1. The molecular formula is C38H40N4O2. The number of carbonyl (C=O) groups excluding carboxylic acids is 2. The van der Waals surface area contributed by atoms with Gasteiger partial charge in [0.2, 0.25) is 0 Å². The van der Waals surface area contributed by atoms with Crippen molar-refractivity contribution in [3.63, 3.8) is 0 Å². The van der Waals surface area contributed by atoms with E-state index in [4.69, 9.17) is 4.99 Å². The Bertz CT molecular complexity index is 1690. The average molecular weight is 585 g/mol. The zero-order valence-electron chi connectivity index (χ0n) is 25.8. The van der Waals surface area contributed by atoms with E-state index in [1.807, 2.05) is 65.6 Å². The molecule has 2 bridgehead atoms. The second-order valence-electron chi connectivity index (χ2n) is 13.9. The van der Waals surface area contributed by atoms with E-state index < -0.39 is 5.54 Å². The van der Waals surface area contributed by atoms with E-state index in [1.165, 1.54) is 6.42 Å². The van der Waals surface area contributed by atoms with Crippen molar-refractivity contribution in [2.45, 2.75) is 58.4 Å². The topological polar surface area (TPSA) is 75.5 Å². The SMILES string of the molecule is CC1C(CN2C(=O)C(Cc3ccncc3)(Cc3ccncc3)N=C2CC(=O)c2ccc3ccccc3c2)CC2CC1C2(C)C. The van der Waals surface area contributed by atoms with E-state index in [-0.39, 0.29) is 18.1 Å². The van der Waals surface area contributed by atoms with Crippen molar-refractivity contribution in [3.05, 3.63) is 108 Å². The second kappa shape index (κ2) is 11.1. The lowest BCUT2D eigenvalue weighted by atomic mass is 9.43. The summed E-state index contributed by atoms with van der Waals surface area (Å²) in [4.78, 5) is 44.3. The number of fused-ring (bicyclic) bond motifs is 3. The van der Waals surface area contributed by atoms with Crippen molar-refractivity contribution in [2.24, 2.45) is 34.1 Å². The highest BCUT2D eigenvalue weighted by molar-refractivity contribution is 6.17. The van der Waals surface area contributed by atoms with Crippen LogP contribution in [-0.4, -0.2) is 44.5 Å². The third-order valence-electron chi connectivity index (χ3n) is 11.1. The van der Waals surface area contributed by atoms with Gasteiger partial charge in [-0.05, 0) is 94.2 Å². The molecule has 3 saturated carbocycles. The quantitative estimate of drug-likeness (QED) is 0.199. The molecule has 3 fully saturated rings. The minimum absolute atomic E-state index is 0.00172. The van der Waals surface area contributed by atoms with E-state index in [1.54, 1.807) is 24.8 Å². The Balaban J connectivity index is 1.25. The molecule has 4 aromatic rings. The number of pyridine rings is 2.